The lowest BCUT2D eigenvalue weighted by molar-refractivity contribution is -0.120. The summed E-state index contributed by atoms with van der Waals surface area (Å²) in [7, 11) is 0. The Hall–Kier alpha value is -1.67. The van der Waals surface area contributed by atoms with E-state index < -0.39 is 0 Å². The molecule has 23 heavy (non-hydrogen) atoms. The quantitative estimate of drug-likeness (QED) is 0.702. The van der Waals surface area contributed by atoms with Crippen LogP contribution in [0.5, 0.6) is 0 Å². The summed E-state index contributed by atoms with van der Waals surface area (Å²) in [4.78, 5) is 24.1. The van der Waals surface area contributed by atoms with Crippen molar-refractivity contribution in [2.45, 2.75) is 26.8 Å². The monoisotopic (exact) mass is 398 g/mol. The van der Waals surface area contributed by atoms with Crippen molar-refractivity contribution >= 4 is 39.1 Å². The molecule has 2 aromatic heterocycles. The average Bonchev–Trinajstić information content (AvgIpc) is 3.07. The van der Waals surface area contributed by atoms with Crippen LogP contribution in [-0.2, 0) is 11.3 Å². The summed E-state index contributed by atoms with van der Waals surface area (Å²) in [5.74, 6) is -0.430. The molecule has 0 bridgehead atoms. The van der Waals surface area contributed by atoms with Crippen molar-refractivity contribution in [3.8, 4) is 0 Å². The van der Waals surface area contributed by atoms with Crippen LogP contribution in [0.4, 0.5) is 0 Å². The predicted molar refractivity (Wildman–Crippen MR) is 93.7 cm³/mol. The average molecular weight is 399 g/mol. The lowest BCUT2D eigenvalue weighted by Crippen LogP contribution is -2.37. The predicted octanol–water partition coefficient (Wildman–Crippen LogP) is 2.26. The highest BCUT2D eigenvalue weighted by molar-refractivity contribution is 9.11. The van der Waals surface area contributed by atoms with Crippen molar-refractivity contribution in [3.05, 3.63) is 38.3 Å². The van der Waals surface area contributed by atoms with Crippen molar-refractivity contribution in [2.75, 3.05) is 13.1 Å². The van der Waals surface area contributed by atoms with Crippen LogP contribution in [0.25, 0.3) is 0 Å². The molecular weight excluding hydrogens is 380 g/mol. The van der Waals surface area contributed by atoms with Gasteiger partial charge in [0.1, 0.15) is 0 Å². The first-order valence-corrected chi connectivity index (χ1v) is 8.88. The zero-order valence-electron chi connectivity index (χ0n) is 13.1. The Morgan fingerprint density at radius 3 is 2.70 bits per heavy atom. The van der Waals surface area contributed by atoms with Crippen LogP contribution in [-0.4, -0.2) is 34.7 Å². The van der Waals surface area contributed by atoms with Gasteiger partial charge in [0.05, 0.1) is 20.9 Å². The molecule has 2 N–H and O–H groups in total. The fourth-order valence-corrected chi connectivity index (χ4v) is 3.41. The molecule has 2 rings (SSSR count). The van der Waals surface area contributed by atoms with Crippen molar-refractivity contribution in [3.63, 3.8) is 0 Å². The molecular formula is C15H19BrN4O2S. The van der Waals surface area contributed by atoms with Gasteiger partial charge in [-0.1, -0.05) is 0 Å². The maximum absolute atomic E-state index is 11.8. The van der Waals surface area contributed by atoms with Gasteiger partial charge in [-0.2, -0.15) is 5.10 Å². The second-order valence-corrected chi connectivity index (χ2v) is 7.60. The largest absolute Gasteiger partial charge is 0.355 e. The Bertz CT molecular complexity index is 695. The Labute approximate surface area is 147 Å². The molecule has 0 atom stereocenters. The maximum atomic E-state index is 11.8. The van der Waals surface area contributed by atoms with E-state index in [1.807, 2.05) is 24.6 Å². The van der Waals surface area contributed by atoms with Gasteiger partial charge in [-0.05, 0) is 54.4 Å². The third-order valence-corrected chi connectivity index (χ3v) is 4.80. The van der Waals surface area contributed by atoms with Gasteiger partial charge in [0.2, 0.25) is 5.91 Å². The highest BCUT2D eigenvalue weighted by Crippen LogP contribution is 2.21. The normalized spacial score (nSPS) is 10.6. The highest BCUT2D eigenvalue weighted by atomic mass is 79.9. The molecule has 0 saturated carbocycles. The van der Waals surface area contributed by atoms with Gasteiger partial charge in [-0.15, -0.1) is 11.3 Å². The lowest BCUT2D eigenvalue weighted by Gasteiger charge is -2.07. The second kappa shape index (κ2) is 8.26. The minimum Gasteiger partial charge on any atom is -0.355 e. The first kappa shape index (κ1) is 17.7. The summed E-state index contributed by atoms with van der Waals surface area (Å²) in [5, 5.41) is 9.76. The van der Waals surface area contributed by atoms with Crippen LogP contribution in [0.1, 0.15) is 27.5 Å². The van der Waals surface area contributed by atoms with E-state index in [-0.39, 0.29) is 18.4 Å². The Kier molecular flexibility index (Phi) is 6.35. The summed E-state index contributed by atoms with van der Waals surface area (Å²) in [6.45, 7) is 5.26. The van der Waals surface area contributed by atoms with Crippen molar-refractivity contribution in [1.29, 1.82) is 0 Å². The smallest absolute Gasteiger partial charge is 0.261 e. The maximum Gasteiger partial charge on any atom is 0.261 e. The molecule has 2 aromatic rings. The van der Waals surface area contributed by atoms with Gasteiger partial charge >= 0.3 is 0 Å². The third-order valence-electron chi connectivity index (χ3n) is 3.18. The summed E-state index contributed by atoms with van der Waals surface area (Å²) >= 11 is 4.63. The van der Waals surface area contributed by atoms with E-state index in [1.54, 1.807) is 12.1 Å². The molecule has 0 saturated heterocycles. The van der Waals surface area contributed by atoms with Gasteiger partial charge in [0.25, 0.3) is 5.91 Å². The Morgan fingerprint density at radius 2 is 2.09 bits per heavy atom. The Morgan fingerprint density at radius 1 is 1.30 bits per heavy atom. The number of carbonyl (C=O) groups excluding carboxylic acids is 2. The fourth-order valence-electron chi connectivity index (χ4n) is 2.10. The minimum atomic E-state index is -0.238. The van der Waals surface area contributed by atoms with Gasteiger partial charge in [-0.25, -0.2) is 0 Å². The number of rotatable bonds is 7. The van der Waals surface area contributed by atoms with E-state index in [9.17, 15) is 9.59 Å². The summed E-state index contributed by atoms with van der Waals surface area (Å²) in [6, 6.07) is 5.55. The first-order valence-electron chi connectivity index (χ1n) is 7.27. The standard InChI is InChI=1S/C15H19BrN4O2S/c1-10-8-11(2)20(19-10)7-3-6-17-14(21)9-18-15(22)12-4-5-13(16)23-12/h4-5,8H,3,6-7,9H2,1-2H3,(H,17,21)(H,18,22). The Balaban J connectivity index is 1.63. The first-order chi connectivity index (χ1) is 11.0. The number of amides is 2. The number of aromatic nitrogens is 2. The van der Waals surface area contributed by atoms with Crippen LogP contribution < -0.4 is 10.6 Å². The van der Waals surface area contributed by atoms with Crippen LogP contribution in [0.2, 0.25) is 0 Å². The molecule has 124 valence electrons. The molecule has 0 unspecified atom stereocenters. The molecule has 0 aromatic carbocycles. The van der Waals surface area contributed by atoms with Crippen molar-refractivity contribution < 1.29 is 9.59 Å². The fraction of sp³-hybridized carbons (Fsp3) is 0.400. The van der Waals surface area contributed by atoms with Gasteiger partial charge in [0, 0.05) is 18.8 Å². The van der Waals surface area contributed by atoms with Crippen LogP contribution >= 0.6 is 27.3 Å². The van der Waals surface area contributed by atoms with E-state index in [0.29, 0.717) is 11.4 Å². The summed E-state index contributed by atoms with van der Waals surface area (Å²) in [5.41, 5.74) is 2.11. The van der Waals surface area contributed by atoms with Crippen molar-refractivity contribution in [2.24, 2.45) is 0 Å². The summed E-state index contributed by atoms with van der Waals surface area (Å²) < 4.78 is 2.81. The van der Waals surface area contributed by atoms with E-state index in [1.165, 1.54) is 11.3 Å². The molecule has 8 heteroatoms. The number of thiophene rings is 1. The van der Waals surface area contributed by atoms with E-state index >= 15 is 0 Å². The SMILES string of the molecule is Cc1cc(C)n(CCCNC(=O)CNC(=O)c2ccc(Br)s2)n1. The zero-order chi connectivity index (χ0) is 16.8. The van der Waals surface area contributed by atoms with E-state index in [0.717, 1.165) is 28.1 Å². The van der Waals surface area contributed by atoms with Crippen LogP contribution in [0.3, 0.4) is 0 Å². The number of nitrogens with zero attached hydrogens (tertiary/aromatic N) is 2. The van der Waals surface area contributed by atoms with Gasteiger partial charge in [0.15, 0.2) is 0 Å². The number of aryl methyl sites for hydroxylation is 3. The highest BCUT2D eigenvalue weighted by Gasteiger charge is 2.10. The van der Waals surface area contributed by atoms with Crippen LogP contribution in [0.15, 0.2) is 22.0 Å². The molecule has 0 fully saturated rings. The zero-order valence-corrected chi connectivity index (χ0v) is 15.5. The number of carbonyl (C=O) groups is 2. The van der Waals surface area contributed by atoms with Gasteiger partial charge < -0.3 is 10.6 Å². The van der Waals surface area contributed by atoms with Crippen molar-refractivity contribution in [1.82, 2.24) is 20.4 Å². The molecule has 0 spiro atoms. The molecule has 2 heterocycles. The molecule has 2 amide bonds. The number of nitrogens with one attached hydrogen (secondary N) is 2. The second-order valence-electron chi connectivity index (χ2n) is 5.14. The van der Waals surface area contributed by atoms with Crippen LogP contribution in [0, 0.1) is 13.8 Å². The lowest BCUT2D eigenvalue weighted by atomic mass is 10.3. The van der Waals surface area contributed by atoms with E-state index in [2.05, 4.69) is 31.7 Å². The number of halogens is 1. The molecule has 0 aliphatic rings. The topological polar surface area (TPSA) is 76.0 Å². The van der Waals surface area contributed by atoms with Gasteiger partial charge in [-0.3, -0.25) is 14.3 Å². The third kappa shape index (κ3) is 5.47. The minimum absolute atomic E-state index is 0.0196. The number of hydrogen-bond acceptors (Lipinski definition) is 4. The van der Waals surface area contributed by atoms with E-state index in [4.69, 9.17) is 0 Å². The molecule has 0 aliphatic heterocycles. The molecule has 0 radical (unpaired) electrons. The summed E-state index contributed by atoms with van der Waals surface area (Å²) in [6.07, 6.45) is 0.791. The number of hydrogen-bond donors (Lipinski definition) is 2. The molecule has 0 aliphatic carbocycles. The molecule has 6 nitrogen and oxygen atoms in total.